The monoisotopic (exact) mass is 352 g/mol. The van der Waals surface area contributed by atoms with Crippen molar-refractivity contribution in [3.8, 4) is 0 Å². The number of benzene rings is 2. The summed E-state index contributed by atoms with van der Waals surface area (Å²) in [4.78, 5) is 21.5. The van der Waals surface area contributed by atoms with Crippen LogP contribution in [-0.4, -0.2) is 10.8 Å². The number of hydrogen-bond acceptors (Lipinski definition) is 3. The molecule has 0 bridgehead atoms. The molecule has 0 aliphatic heterocycles. The minimum Gasteiger partial charge on any atom is -0.348 e. The highest BCUT2D eigenvalue weighted by molar-refractivity contribution is 9.10. The van der Waals surface area contributed by atoms with Crippen LogP contribution < -0.4 is 5.32 Å². The van der Waals surface area contributed by atoms with Gasteiger partial charge in [0.2, 0.25) is 5.82 Å². The van der Waals surface area contributed by atoms with Crippen molar-refractivity contribution in [1.29, 1.82) is 0 Å². The summed E-state index contributed by atoms with van der Waals surface area (Å²) >= 11 is 3.30. The first-order valence-corrected chi connectivity index (χ1v) is 6.73. The molecule has 21 heavy (non-hydrogen) atoms. The second-order valence-corrected chi connectivity index (χ2v) is 5.15. The van der Waals surface area contributed by atoms with E-state index in [1.165, 1.54) is 6.07 Å². The van der Waals surface area contributed by atoms with E-state index in [0.29, 0.717) is 0 Å². The molecule has 108 valence electrons. The number of nitrogens with zero attached hydrogens (tertiary/aromatic N) is 1. The normalized spacial score (nSPS) is 10.2. The maximum absolute atomic E-state index is 13.4. The summed E-state index contributed by atoms with van der Waals surface area (Å²) < 4.78 is 14.4. The van der Waals surface area contributed by atoms with Gasteiger partial charge in [-0.25, -0.2) is 0 Å². The Morgan fingerprint density at radius 2 is 1.90 bits per heavy atom. The molecule has 0 spiro atoms. The minimum atomic E-state index is -1.03. The number of rotatable bonds is 4. The molecule has 0 aliphatic carbocycles. The molecule has 0 saturated heterocycles. The lowest BCUT2D eigenvalue weighted by Gasteiger charge is -2.06. The zero-order chi connectivity index (χ0) is 15.4. The zero-order valence-corrected chi connectivity index (χ0v) is 12.3. The van der Waals surface area contributed by atoms with Gasteiger partial charge < -0.3 is 5.32 Å². The Bertz CT molecular complexity index is 689. The van der Waals surface area contributed by atoms with Crippen LogP contribution in [0.3, 0.4) is 0 Å². The molecule has 0 heterocycles. The Hall–Kier alpha value is -2.28. The molecule has 5 nitrogen and oxygen atoms in total. The second-order valence-electron chi connectivity index (χ2n) is 4.23. The second kappa shape index (κ2) is 6.45. The molecule has 1 N–H and O–H groups in total. The van der Waals surface area contributed by atoms with Crippen LogP contribution in [0.1, 0.15) is 15.9 Å². The highest BCUT2D eigenvalue weighted by Crippen LogP contribution is 2.18. The number of carbonyl (C=O) groups excluding carboxylic acids is 1. The highest BCUT2D eigenvalue weighted by atomic mass is 79.9. The molecule has 2 aromatic carbocycles. The van der Waals surface area contributed by atoms with Crippen LogP contribution in [0.25, 0.3) is 0 Å². The summed E-state index contributed by atoms with van der Waals surface area (Å²) in [5.41, 5.74) is 0.267. The van der Waals surface area contributed by atoms with E-state index in [4.69, 9.17) is 0 Å². The predicted molar refractivity (Wildman–Crippen MR) is 78.4 cm³/mol. The molecular weight excluding hydrogens is 343 g/mol. The smallest absolute Gasteiger partial charge is 0.304 e. The first-order valence-electron chi connectivity index (χ1n) is 5.94. The molecule has 0 atom stereocenters. The van der Waals surface area contributed by atoms with Crippen molar-refractivity contribution >= 4 is 27.5 Å². The van der Waals surface area contributed by atoms with Crippen LogP contribution in [0.4, 0.5) is 10.1 Å². The Balaban J connectivity index is 2.05. The van der Waals surface area contributed by atoms with E-state index in [9.17, 15) is 19.3 Å². The maximum Gasteiger partial charge on any atom is 0.304 e. The Morgan fingerprint density at radius 3 is 2.48 bits per heavy atom. The Morgan fingerprint density at radius 1 is 1.24 bits per heavy atom. The van der Waals surface area contributed by atoms with E-state index >= 15 is 0 Å². The van der Waals surface area contributed by atoms with Crippen LogP contribution in [0.2, 0.25) is 0 Å². The standard InChI is InChI=1S/C14H10BrFN2O3/c15-11-4-1-9(2-5-11)8-17-14(19)10-3-6-13(18(20)21)12(16)7-10/h1-7H,8H2,(H,17,19). The Labute approximate surface area is 128 Å². The number of nitrogens with one attached hydrogen (secondary N) is 1. The number of carbonyl (C=O) groups is 1. The van der Waals surface area contributed by atoms with Crippen molar-refractivity contribution in [2.24, 2.45) is 0 Å². The molecule has 7 heteroatoms. The van der Waals surface area contributed by atoms with Gasteiger partial charge in [-0.3, -0.25) is 14.9 Å². The lowest BCUT2D eigenvalue weighted by molar-refractivity contribution is -0.387. The van der Waals surface area contributed by atoms with Crippen molar-refractivity contribution in [3.05, 3.63) is 74.0 Å². The summed E-state index contributed by atoms with van der Waals surface area (Å²) in [6.45, 7) is 0.282. The summed E-state index contributed by atoms with van der Waals surface area (Å²) in [6.07, 6.45) is 0. The fourth-order valence-electron chi connectivity index (χ4n) is 1.68. The average Bonchev–Trinajstić information content (AvgIpc) is 2.45. The fourth-order valence-corrected chi connectivity index (χ4v) is 1.95. The zero-order valence-electron chi connectivity index (χ0n) is 10.7. The van der Waals surface area contributed by atoms with Crippen LogP contribution in [0, 0.1) is 15.9 Å². The van der Waals surface area contributed by atoms with Crippen molar-refractivity contribution in [2.75, 3.05) is 0 Å². The number of nitro groups is 1. The minimum absolute atomic E-state index is 0.0372. The largest absolute Gasteiger partial charge is 0.348 e. The Kier molecular flexibility index (Phi) is 4.64. The van der Waals surface area contributed by atoms with Gasteiger partial charge in [-0.2, -0.15) is 4.39 Å². The van der Waals surface area contributed by atoms with Crippen molar-refractivity contribution in [2.45, 2.75) is 6.54 Å². The average molecular weight is 353 g/mol. The van der Waals surface area contributed by atoms with E-state index < -0.39 is 22.3 Å². The van der Waals surface area contributed by atoms with E-state index in [-0.39, 0.29) is 12.1 Å². The maximum atomic E-state index is 13.4. The first kappa shape index (κ1) is 15.1. The molecule has 0 unspecified atom stereocenters. The molecule has 0 radical (unpaired) electrons. The number of halogens is 2. The van der Waals surface area contributed by atoms with E-state index in [1.807, 2.05) is 24.3 Å². The van der Waals surface area contributed by atoms with Gasteiger partial charge in [-0.05, 0) is 29.8 Å². The topological polar surface area (TPSA) is 72.2 Å². The molecule has 0 fully saturated rings. The third-order valence-electron chi connectivity index (χ3n) is 2.77. The van der Waals surface area contributed by atoms with Gasteiger partial charge in [0, 0.05) is 22.6 Å². The predicted octanol–water partition coefficient (Wildman–Crippen LogP) is 3.43. The van der Waals surface area contributed by atoms with E-state index in [1.54, 1.807) is 0 Å². The molecule has 0 saturated carbocycles. The van der Waals surface area contributed by atoms with Gasteiger partial charge in [-0.15, -0.1) is 0 Å². The number of amides is 1. The van der Waals surface area contributed by atoms with Gasteiger partial charge >= 0.3 is 5.69 Å². The SMILES string of the molecule is O=C(NCc1ccc(Br)cc1)c1ccc([N+](=O)[O-])c(F)c1. The number of hydrogen-bond donors (Lipinski definition) is 1. The van der Waals surface area contributed by atoms with Crippen LogP contribution >= 0.6 is 15.9 Å². The number of nitro benzene ring substituents is 1. The molecule has 0 aromatic heterocycles. The van der Waals surface area contributed by atoms with Gasteiger partial charge in [0.25, 0.3) is 5.91 Å². The van der Waals surface area contributed by atoms with Crippen molar-refractivity contribution < 1.29 is 14.1 Å². The van der Waals surface area contributed by atoms with E-state index in [0.717, 1.165) is 22.2 Å². The molecule has 2 aromatic rings. The highest BCUT2D eigenvalue weighted by Gasteiger charge is 2.16. The summed E-state index contributed by atoms with van der Waals surface area (Å²) in [5.74, 6) is -1.52. The van der Waals surface area contributed by atoms with Crippen molar-refractivity contribution in [3.63, 3.8) is 0 Å². The van der Waals surface area contributed by atoms with Crippen molar-refractivity contribution in [1.82, 2.24) is 5.32 Å². The van der Waals surface area contributed by atoms with Gasteiger partial charge in [-0.1, -0.05) is 28.1 Å². The summed E-state index contributed by atoms with van der Waals surface area (Å²) in [5, 5.41) is 13.1. The third-order valence-corrected chi connectivity index (χ3v) is 3.30. The summed E-state index contributed by atoms with van der Waals surface area (Å²) in [6, 6.07) is 10.4. The van der Waals surface area contributed by atoms with Crippen LogP contribution in [-0.2, 0) is 6.54 Å². The van der Waals surface area contributed by atoms with E-state index in [2.05, 4.69) is 21.2 Å². The third kappa shape index (κ3) is 3.85. The van der Waals surface area contributed by atoms with Gasteiger partial charge in [0.05, 0.1) is 4.92 Å². The van der Waals surface area contributed by atoms with Crippen LogP contribution in [0.15, 0.2) is 46.9 Å². The fraction of sp³-hybridized carbons (Fsp3) is 0.0714. The lowest BCUT2D eigenvalue weighted by Crippen LogP contribution is -2.22. The summed E-state index contributed by atoms with van der Waals surface area (Å²) in [7, 11) is 0. The van der Waals surface area contributed by atoms with Gasteiger partial charge in [0.15, 0.2) is 0 Å². The van der Waals surface area contributed by atoms with Gasteiger partial charge in [0.1, 0.15) is 0 Å². The quantitative estimate of drug-likeness (QED) is 0.676. The molecule has 1 amide bonds. The van der Waals surface area contributed by atoms with Crippen LogP contribution in [0.5, 0.6) is 0 Å². The first-order chi connectivity index (χ1) is 9.97. The molecule has 2 rings (SSSR count). The molecular formula is C14H10BrFN2O3. The lowest BCUT2D eigenvalue weighted by atomic mass is 10.1. The molecule has 0 aliphatic rings.